The molecule has 2 heterocycles. The minimum absolute atomic E-state index is 0.454. The van der Waals surface area contributed by atoms with E-state index < -0.39 is 0 Å². The fourth-order valence-corrected chi connectivity index (χ4v) is 3.68. The normalized spacial score (nSPS) is 11.4. The predicted octanol–water partition coefficient (Wildman–Crippen LogP) is 3.66. The van der Waals surface area contributed by atoms with E-state index in [1.54, 1.807) is 0 Å². The molecule has 5 nitrogen and oxygen atoms in total. The zero-order chi connectivity index (χ0) is 14.4. The highest BCUT2D eigenvalue weighted by atomic mass is 79.9. The highest BCUT2D eigenvalue weighted by Gasteiger charge is 2.20. The van der Waals surface area contributed by atoms with E-state index in [-0.39, 0.29) is 0 Å². The summed E-state index contributed by atoms with van der Waals surface area (Å²) in [7, 11) is 0. The molecule has 0 radical (unpaired) electrons. The Morgan fingerprint density at radius 1 is 1.25 bits per heavy atom. The Labute approximate surface area is 133 Å². The van der Waals surface area contributed by atoms with Gasteiger partial charge in [0, 0.05) is 15.5 Å². The summed E-state index contributed by atoms with van der Waals surface area (Å²) in [5.41, 5.74) is 9.70. The number of anilines is 1. The number of nitrogens with zero attached hydrogens (tertiary/aromatic N) is 4. The Balaban J connectivity index is 2.45. The Morgan fingerprint density at radius 2 is 1.90 bits per heavy atom. The summed E-state index contributed by atoms with van der Waals surface area (Å²) >= 11 is 7.16. The topological polar surface area (TPSA) is 61.7 Å². The van der Waals surface area contributed by atoms with Crippen LogP contribution in [0.15, 0.2) is 27.1 Å². The smallest absolute Gasteiger partial charge is 0.207 e. The van der Waals surface area contributed by atoms with Crippen molar-refractivity contribution in [2.24, 2.45) is 0 Å². The van der Waals surface area contributed by atoms with Crippen LogP contribution in [0, 0.1) is 6.92 Å². The Hall–Kier alpha value is -1.34. The first-order valence-electron chi connectivity index (χ1n) is 6.20. The van der Waals surface area contributed by atoms with Crippen LogP contribution in [-0.2, 0) is 6.54 Å². The van der Waals surface area contributed by atoms with Gasteiger partial charge in [0.25, 0.3) is 0 Å². The molecule has 0 fully saturated rings. The molecule has 0 aliphatic carbocycles. The Kier molecular flexibility index (Phi) is 3.33. The summed E-state index contributed by atoms with van der Waals surface area (Å²) < 4.78 is 5.73. The minimum Gasteiger partial charge on any atom is -0.369 e. The summed E-state index contributed by atoms with van der Waals surface area (Å²) in [4.78, 5) is 4.46. The molecular formula is C13H13Br2N5. The summed E-state index contributed by atoms with van der Waals surface area (Å²) in [6.45, 7) is 4.76. The molecule has 0 amide bonds. The zero-order valence-corrected chi connectivity index (χ0v) is 14.2. The maximum Gasteiger partial charge on any atom is 0.207 e. The number of nitrogens with two attached hydrogens (primary N) is 1. The summed E-state index contributed by atoms with van der Waals surface area (Å²) in [5.74, 6) is 0.454. The molecule has 0 bridgehead atoms. The molecule has 0 atom stereocenters. The van der Waals surface area contributed by atoms with Crippen LogP contribution in [-0.4, -0.2) is 19.3 Å². The number of aryl methyl sites for hydroxylation is 2. The van der Waals surface area contributed by atoms with Crippen LogP contribution in [0.3, 0.4) is 0 Å². The number of imidazole rings is 1. The van der Waals surface area contributed by atoms with Gasteiger partial charge in [-0.15, -0.1) is 0 Å². The molecule has 7 heteroatoms. The van der Waals surface area contributed by atoms with Gasteiger partial charge < -0.3 is 5.73 Å². The van der Waals surface area contributed by atoms with Crippen LogP contribution in [0.5, 0.6) is 0 Å². The van der Waals surface area contributed by atoms with Gasteiger partial charge >= 0.3 is 0 Å². The lowest BCUT2D eigenvalue weighted by Gasteiger charge is -2.12. The van der Waals surface area contributed by atoms with Crippen LogP contribution >= 0.6 is 31.9 Å². The molecule has 0 saturated heterocycles. The van der Waals surface area contributed by atoms with E-state index in [9.17, 15) is 0 Å². The average molecular weight is 399 g/mol. The zero-order valence-electron chi connectivity index (χ0n) is 11.1. The molecule has 0 saturated carbocycles. The molecule has 1 aromatic carbocycles. The third-order valence-corrected chi connectivity index (χ3v) is 4.48. The van der Waals surface area contributed by atoms with Gasteiger partial charge in [-0.1, -0.05) is 6.07 Å². The lowest BCUT2D eigenvalue weighted by molar-refractivity contribution is 0.663. The van der Waals surface area contributed by atoms with Crippen molar-refractivity contribution >= 4 is 49.0 Å². The van der Waals surface area contributed by atoms with E-state index in [4.69, 9.17) is 5.73 Å². The molecule has 3 aromatic rings. The Morgan fingerprint density at radius 3 is 2.50 bits per heavy atom. The van der Waals surface area contributed by atoms with Gasteiger partial charge in [-0.05, 0) is 57.8 Å². The van der Waals surface area contributed by atoms with Crippen molar-refractivity contribution in [3.05, 3.63) is 32.8 Å². The highest BCUT2D eigenvalue weighted by Crippen LogP contribution is 2.34. The molecule has 2 aromatic heterocycles. The number of rotatable bonds is 2. The summed E-state index contributed by atoms with van der Waals surface area (Å²) in [6.07, 6.45) is 0. The monoisotopic (exact) mass is 397 g/mol. The summed E-state index contributed by atoms with van der Waals surface area (Å²) in [6, 6.07) is 5.92. The van der Waals surface area contributed by atoms with E-state index in [0.29, 0.717) is 5.95 Å². The second-order valence-electron chi connectivity index (χ2n) is 4.45. The molecule has 2 N–H and O–H groups in total. The van der Waals surface area contributed by atoms with E-state index >= 15 is 0 Å². The lowest BCUT2D eigenvalue weighted by Crippen LogP contribution is -2.07. The predicted molar refractivity (Wildman–Crippen MR) is 87.1 cm³/mol. The average Bonchev–Trinajstić information content (AvgIpc) is 2.88. The van der Waals surface area contributed by atoms with Crippen LogP contribution in [0.25, 0.3) is 16.9 Å². The number of hydrogen-bond donors (Lipinski definition) is 1. The van der Waals surface area contributed by atoms with E-state index in [0.717, 1.165) is 38.0 Å². The standard InChI is InChI=1S/C13H13Br2N5/c1-3-19-12-10(7(2)18-19)17-13(16)20(12)11-8(14)5-4-6-9(11)15/h4-6H,3H2,1-2H3,(H2,16,17). The number of hydrogen-bond acceptors (Lipinski definition) is 3. The van der Waals surface area contributed by atoms with Gasteiger partial charge in [-0.2, -0.15) is 5.10 Å². The van der Waals surface area contributed by atoms with Crippen LogP contribution < -0.4 is 5.73 Å². The first-order chi connectivity index (χ1) is 9.54. The minimum atomic E-state index is 0.454. The number of halogens is 2. The van der Waals surface area contributed by atoms with Crippen molar-refractivity contribution in [1.29, 1.82) is 0 Å². The van der Waals surface area contributed by atoms with Gasteiger partial charge in [0.15, 0.2) is 5.65 Å². The van der Waals surface area contributed by atoms with Gasteiger partial charge in [0.2, 0.25) is 5.95 Å². The van der Waals surface area contributed by atoms with Crippen molar-refractivity contribution in [3.63, 3.8) is 0 Å². The molecule has 20 heavy (non-hydrogen) atoms. The van der Waals surface area contributed by atoms with Crippen LogP contribution in [0.2, 0.25) is 0 Å². The molecule has 0 unspecified atom stereocenters. The van der Waals surface area contributed by atoms with Gasteiger partial charge in [0.1, 0.15) is 5.52 Å². The number of benzene rings is 1. The van der Waals surface area contributed by atoms with E-state index in [2.05, 4.69) is 48.9 Å². The number of nitrogen functional groups attached to an aromatic ring is 1. The molecule has 104 valence electrons. The third-order valence-electron chi connectivity index (χ3n) is 3.20. The first-order valence-corrected chi connectivity index (χ1v) is 7.79. The van der Waals surface area contributed by atoms with Gasteiger partial charge in [-0.3, -0.25) is 4.57 Å². The number of para-hydroxylation sites is 1. The van der Waals surface area contributed by atoms with Gasteiger partial charge in [-0.25, -0.2) is 9.67 Å². The molecule has 3 rings (SSSR count). The first kappa shape index (κ1) is 13.6. The van der Waals surface area contributed by atoms with Gasteiger partial charge in [0.05, 0.1) is 11.4 Å². The largest absolute Gasteiger partial charge is 0.369 e. The highest BCUT2D eigenvalue weighted by molar-refractivity contribution is 9.11. The summed E-state index contributed by atoms with van der Waals surface area (Å²) in [5, 5.41) is 4.50. The van der Waals surface area contributed by atoms with Crippen molar-refractivity contribution in [1.82, 2.24) is 19.3 Å². The molecule has 0 aliphatic rings. The fourth-order valence-electron chi connectivity index (χ4n) is 2.33. The quantitative estimate of drug-likeness (QED) is 0.716. The van der Waals surface area contributed by atoms with Crippen molar-refractivity contribution < 1.29 is 0 Å². The molecule has 0 aliphatic heterocycles. The van der Waals surface area contributed by atoms with E-state index in [1.165, 1.54) is 0 Å². The lowest BCUT2D eigenvalue weighted by atomic mass is 10.3. The SMILES string of the molecule is CCn1nc(C)c2nc(N)n(-c3c(Br)cccc3Br)c21. The number of fused-ring (bicyclic) bond motifs is 1. The van der Waals surface area contributed by atoms with Crippen LogP contribution in [0.1, 0.15) is 12.6 Å². The Bertz CT molecular complexity index is 783. The van der Waals surface area contributed by atoms with E-state index in [1.807, 2.05) is 34.4 Å². The van der Waals surface area contributed by atoms with Crippen molar-refractivity contribution in [3.8, 4) is 5.69 Å². The molecule has 0 spiro atoms. The number of aromatic nitrogens is 4. The maximum atomic E-state index is 6.13. The van der Waals surface area contributed by atoms with Crippen molar-refractivity contribution in [2.75, 3.05) is 5.73 Å². The maximum absolute atomic E-state index is 6.13. The van der Waals surface area contributed by atoms with Crippen molar-refractivity contribution in [2.45, 2.75) is 20.4 Å². The second-order valence-corrected chi connectivity index (χ2v) is 6.16. The van der Waals surface area contributed by atoms with Crippen LogP contribution in [0.4, 0.5) is 5.95 Å². The molecular weight excluding hydrogens is 386 g/mol. The second kappa shape index (κ2) is 4.89. The third kappa shape index (κ3) is 1.88. The fraction of sp³-hybridized carbons (Fsp3) is 0.231.